The van der Waals surface area contributed by atoms with Crippen LogP contribution >= 0.6 is 0 Å². The zero-order valence-corrected chi connectivity index (χ0v) is 10.8. The fraction of sp³-hybridized carbons (Fsp3) is 0.500. The number of amides is 1. The second kappa shape index (κ2) is 6.80. The molecule has 0 aliphatic heterocycles. The van der Waals surface area contributed by atoms with Crippen molar-refractivity contribution in [3.05, 3.63) is 17.8 Å². The van der Waals surface area contributed by atoms with E-state index in [2.05, 4.69) is 4.98 Å². The van der Waals surface area contributed by atoms with Crippen molar-refractivity contribution >= 4 is 17.4 Å². The minimum Gasteiger partial charge on any atom is -0.396 e. The normalized spacial score (nSPS) is 10.3. The molecule has 1 rings (SSSR count). The lowest BCUT2D eigenvalue weighted by atomic mass is 10.3. The number of hydrogen-bond donors (Lipinski definition) is 2. The van der Waals surface area contributed by atoms with Crippen LogP contribution < -0.4 is 16.4 Å². The largest absolute Gasteiger partial charge is 0.396 e. The molecular weight excluding hydrogens is 232 g/mol. The molecule has 0 aliphatic carbocycles. The average molecular weight is 252 g/mol. The number of hydrogen-bond acceptors (Lipinski definition) is 5. The highest BCUT2D eigenvalue weighted by atomic mass is 16.5. The fourth-order valence-corrected chi connectivity index (χ4v) is 1.58. The van der Waals surface area contributed by atoms with Gasteiger partial charge in [0.2, 0.25) is 0 Å². The van der Waals surface area contributed by atoms with Crippen LogP contribution in [0.2, 0.25) is 0 Å². The third-order valence-corrected chi connectivity index (χ3v) is 2.55. The van der Waals surface area contributed by atoms with Crippen molar-refractivity contribution in [3.63, 3.8) is 0 Å². The third kappa shape index (κ3) is 3.59. The van der Waals surface area contributed by atoms with E-state index in [1.165, 1.54) is 6.07 Å². The molecule has 0 fully saturated rings. The molecule has 0 unspecified atom stereocenters. The van der Waals surface area contributed by atoms with E-state index < -0.39 is 5.91 Å². The summed E-state index contributed by atoms with van der Waals surface area (Å²) in [5, 5.41) is 0. The zero-order valence-electron chi connectivity index (χ0n) is 10.8. The number of aromatic nitrogens is 1. The van der Waals surface area contributed by atoms with Gasteiger partial charge in [-0.15, -0.1) is 0 Å². The van der Waals surface area contributed by atoms with Gasteiger partial charge in [-0.25, -0.2) is 4.98 Å². The first-order valence-electron chi connectivity index (χ1n) is 5.99. The maximum absolute atomic E-state index is 11.1. The molecule has 4 N–H and O–H groups in total. The molecule has 0 aromatic carbocycles. The molecule has 100 valence electrons. The molecule has 0 radical (unpaired) electrons. The number of nitrogens with two attached hydrogens (primary N) is 2. The second-order valence-corrected chi connectivity index (χ2v) is 3.75. The minimum absolute atomic E-state index is 0.217. The van der Waals surface area contributed by atoms with Crippen LogP contribution in [-0.2, 0) is 4.74 Å². The Morgan fingerprint density at radius 1 is 1.44 bits per heavy atom. The van der Waals surface area contributed by atoms with Crippen LogP contribution in [0.3, 0.4) is 0 Å². The third-order valence-electron chi connectivity index (χ3n) is 2.55. The monoisotopic (exact) mass is 252 g/mol. The minimum atomic E-state index is -0.558. The topological polar surface area (TPSA) is 94.5 Å². The van der Waals surface area contributed by atoms with Crippen molar-refractivity contribution in [2.75, 3.05) is 36.9 Å². The van der Waals surface area contributed by atoms with Gasteiger partial charge in [0.25, 0.3) is 5.91 Å². The Hall–Kier alpha value is -1.82. The highest BCUT2D eigenvalue weighted by molar-refractivity contribution is 5.91. The summed E-state index contributed by atoms with van der Waals surface area (Å²) >= 11 is 0. The van der Waals surface area contributed by atoms with Crippen LogP contribution in [0, 0.1) is 0 Å². The van der Waals surface area contributed by atoms with Crippen molar-refractivity contribution in [2.24, 2.45) is 5.73 Å². The molecule has 1 aromatic heterocycles. The summed E-state index contributed by atoms with van der Waals surface area (Å²) in [5.74, 6) is 0.0191. The van der Waals surface area contributed by atoms with Crippen LogP contribution in [0.4, 0.5) is 11.5 Å². The fourth-order valence-electron chi connectivity index (χ4n) is 1.58. The van der Waals surface area contributed by atoms with Crippen LogP contribution in [0.5, 0.6) is 0 Å². The maximum atomic E-state index is 11.1. The number of nitrogens with zero attached hydrogens (tertiary/aromatic N) is 2. The van der Waals surface area contributed by atoms with Gasteiger partial charge in [-0.05, 0) is 26.0 Å². The number of anilines is 2. The maximum Gasteiger partial charge on any atom is 0.267 e. The van der Waals surface area contributed by atoms with Gasteiger partial charge in [-0.3, -0.25) is 4.79 Å². The molecule has 1 amide bonds. The van der Waals surface area contributed by atoms with Crippen LogP contribution in [-0.4, -0.2) is 37.2 Å². The van der Waals surface area contributed by atoms with Gasteiger partial charge < -0.3 is 21.1 Å². The van der Waals surface area contributed by atoms with Gasteiger partial charge >= 0.3 is 0 Å². The van der Waals surface area contributed by atoms with Gasteiger partial charge in [-0.1, -0.05) is 0 Å². The van der Waals surface area contributed by atoms with Crippen LogP contribution in [0.15, 0.2) is 12.1 Å². The molecule has 0 bridgehead atoms. The van der Waals surface area contributed by atoms with E-state index in [1.807, 2.05) is 18.7 Å². The summed E-state index contributed by atoms with van der Waals surface area (Å²) in [6.07, 6.45) is 0. The SMILES string of the molecule is CCOCCN(CC)c1nc(C(N)=O)ccc1N. The van der Waals surface area contributed by atoms with Gasteiger partial charge in [0, 0.05) is 19.7 Å². The Labute approximate surface area is 107 Å². The van der Waals surface area contributed by atoms with Gasteiger partial charge in [0.05, 0.1) is 12.3 Å². The molecule has 0 saturated carbocycles. The summed E-state index contributed by atoms with van der Waals surface area (Å²) in [6.45, 7) is 6.59. The number of likely N-dealkylation sites (N-methyl/N-ethyl adjacent to an activating group) is 1. The van der Waals surface area contributed by atoms with E-state index in [9.17, 15) is 4.79 Å². The van der Waals surface area contributed by atoms with Gasteiger partial charge in [0.15, 0.2) is 5.82 Å². The predicted molar refractivity (Wildman–Crippen MR) is 71.5 cm³/mol. The standard InChI is InChI=1S/C12H20N4O2/c1-3-16(7-8-18-4-2)12-9(13)5-6-10(15-12)11(14)17/h5-6H,3-4,7-8,13H2,1-2H3,(H2,14,17). The van der Waals surface area contributed by atoms with E-state index >= 15 is 0 Å². The number of rotatable bonds is 7. The number of carbonyl (C=O) groups excluding carboxylic acids is 1. The number of primary amides is 1. The van der Waals surface area contributed by atoms with E-state index in [4.69, 9.17) is 16.2 Å². The summed E-state index contributed by atoms with van der Waals surface area (Å²) in [4.78, 5) is 17.3. The molecule has 6 nitrogen and oxygen atoms in total. The quantitative estimate of drug-likeness (QED) is 0.694. The molecule has 0 atom stereocenters. The predicted octanol–water partition coefficient (Wildman–Crippen LogP) is 0.626. The van der Waals surface area contributed by atoms with E-state index in [0.29, 0.717) is 31.3 Å². The summed E-state index contributed by atoms with van der Waals surface area (Å²) in [7, 11) is 0. The van der Waals surface area contributed by atoms with Crippen molar-refractivity contribution in [3.8, 4) is 0 Å². The Morgan fingerprint density at radius 3 is 2.72 bits per heavy atom. The smallest absolute Gasteiger partial charge is 0.267 e. The highest BCUT2D eigenvalue weighted by Gasteiger charge is 2.12. The van der Waals surface area contributed by atoms with E-state index in [0.717, 1.165) is 6.54 Å². The molecule has 6 heteroatoms. The Kier molecular flexibility index (Phi) is 5.38. The van der Waals surface area contributed by atoms with Crippen molar-refractivity contribution in [2.45, 2.75) is 13.8 Å². The molecular formula is C12H20N4O2. The molecule has 1 aromatic rings. The lowest BCUT2D eigenvalue weighted by Crippen LogP contribution is -2.29. The molecule has 0 spiro atoms. The van der Waals surface area contributed by atoms with Crippen LogP contribution in [0.1, 0.15) is 24.3 Å². The lowest BCUT2D eigenvalue weighted by molar-refractivity contribution is 0.0995. The number of carbonyl (C=O) groups is 1. The number of ether oxygens (including phenoxy) is 1. The Balaban J connectivity index is 2.89. The molecule has 1 heterocycles. The average Bonchev–Trinajstić information content (AvgIpc) is 2.35. The van der Waals surface area contributed by atoms with Gasteiger partial charge in [-0.2, -0.15) is 0 Å². The summed E-state index contributed by atoms with van der Waals surface area (Å²) in [5.41, 5.74) is 11.8. The van der Waals surface area contributed by atoms with E-state index in [-0.39, 0.29) is 5.69 Å². The van der Waals surface area contributed by atoms with Gasteiger partial charge in [0.1, 0.15) is 5.69 Å². The second-order valence-electron chi connectivity index (χ2n) is 3.75. The Bertz CT molecular complexity index is 409. The number of pyridine rings is 1. The number of nitrogen functional groups attached to an aromatic ring is 1. The summed E-state index contributed by atoms with van der Waals surface area (Å²) < 4.78 is 5.30. The Morgan fingerprint density at radius 2 is 2.17 bits per heavy atom. The molecule has 0 saturated heterocycles. The molecule has 18 heavy (non-hydrogen) atoms. The van der Waals surface area contributed by atoms with Crippen molar-refractivity contribution < 1.29 is 9.53 Å². The lowest BCUT2D eigenvalue weighted by Gasteiger charge is -2.23. The first-order valence-corrected chi connectivity index (χ1v) is 5.99. The van der Waals surface area contributed by atoms with E-state index in [1.54, 1.807) is 6.07 Å². The molecule has 0 aliphatic rings. The zero-order chi connectivity index (χ0) is 13.5. The highest BCUT2D eigenvalue weighted by Crippen LogP contribution is 2.20. The van der Waals surface area contributed by atoms with Crippen molar-refractivity contribution in [1.29, 1.82) is 0 Å². The summed E-state index contributed by atoms with van der Waals surface area (Å²) in [6, 6.07) is 3.17. The van der Waals surface area contributed by atoms with Crippen LogP contribution in [0.25, 0.3) is 0 Å². The first kappa shape index (κ1) is 14.2. The first-order chi connectivity index (χ1) is 8.60. The van der Waals surface area contributed by atoms with Crippen molar-refractivity contribution in [1.82, 2.24) is 4.98 Å².